The molecule has 0 fully saturated rings. The molecule has 1 heterocycles. The number of rotatable bonds is 3. The summed E-state index contributed by atoms with van der Waals surface area (Å²) >= 11 is 4.43. The smallest absolute Gasteiger partial charge is 0.306 e. The highest BCUT2D eigenvalue weighted by atomic mass is 79.9. The number of aliphatic hydroxyl groups is 1. The van der Waals surface area contributed by atoms with Crippen molar-refractivity contribution in [2.75, 3.05) is 0 Å². The van der Waals surface area contributed by atoms with Crippen LogP contribution in [0.1, 0.15) is 18.2 Å². The first-order valence-corrected chi connectivity index (χ1v) is 4.77. The van der Waals surface area contributed by atoms with Crippen molar-refractivity contribution < 1.29 is 15.0 Å². The Morgan fingerprint density at radius 3 is 2.92 bits per heavy atom. The summed E-state index contributed by atoms with van der Waals surface area (Å²) in [4.78, 5) is 14.1. The fourth-order valence-electron chi connectivity index (χ4n) is 0.686. The molecule has 2 N–H and O–H groups in total. The van der Waals surface area contributed by atoms with Gasteiger partial charge in [0, 0.05) is 5.38 Å². The summed E-state index contributed by atoms with van der Waals surface area (Å²) in [5, 5.41) is 19.2. The van der Waals surface area contributed by atoms with Crippen LogP contribution in [0.25, 0.3) is 0 Å². The standard InChI is InChI=1S/C6H6BrNO3S/c7-6-8-3(2-12-6)4(9)1-5(10)11/h2,4,9H,1H2,(H,10,11). The Kier molecular flexibility index (Phi) is 3.19. The summed E-state index contributed by atoms with van der Waals surface area (Å²) in [6, 6.07) is 0. The first kappa shape index (κ1) is 9.63. The third-order valence-electron chi connectivity index (χ3n) is 1.20. The minimum Gasteiger partial charge on any atom is -0.481 e. The number of nitrogens with zero attached hydrogens (tertiary/aromatic N) is 1. The van der Waals surface area contributed by atoms with Crippen molar-refractivity contribution in [3.63, 3.8) is 0 Å². The lowest BCUT2D eigenvalue weighted by molar-refractivity contribution is -0.139. The molecule has 1 rings (SSSR count). The highest BCUT2D eigenvalue weighted by molar-refractivity contribution is 9.11. The van der Waals surface area contributed by atoms with Gasteiger partial charge in [0.2, 0.25) is 0 Å². The molecule has 0 spiro atoms. The van der Waals surface area contributed by atoms with Gasteiger partial charge in [-0.05, 0) is 15.9 Å². The number of halogens is 1. The number of carboxylic acid groups (broad SMARTS) is 1. The molecule has 1 atom stereocenters. The van der Waals surface area contributed by atoms with E-state index >= 15 is 0 Å². The van der Waals surface area contributed by atoms with E-state index in [0.717, 1.165) is 0 Å². The summed E-state index contributed by atoms with van der Waals surface area (Å²) < 4.78 is 0.641. The Labute approximate surface area is 81.0 Å². The summed E-state index contributed by atoms with van der Waals surface area (Å²) in [6.07, 6.45) is -1.32. The molecule has 1 aromatic rings. The minimum atomic E-state index is -1.04. The first-order valence-electron chi connectivity index (χ1n) is 3.10. The summed E-state index contributed by atoms with van der Waals surface area (Å²) in [6.45, 7) is 0. The lowest BCUT2D eigenvalue weighted by Gasteiger charge is -2.01. The van der Waals surface area contributed by atoms with Crippen LogP contribution in [0.3, 0.4) is 0 Å². The molecule has 0 bridgehead atoms. The van der Waals surface area contributed by atoms with Gasteiger partial charge in [-0.15, -0.1) is 11.3 Å². The van der Waals surface area contributed by atoms with Crippen LogP contribution in [0.2, 0.25) is 0 Å². The van der Waals surface area contributed by atoms with E-state index < -0.39 is 12.1 Å². The van der Waals surface area contributed by atoms with Crippen molar-refractivity contribution in [1.29, 1.82) is 0 Å². The maximum atomic E-state index is 10.2. The van der Waals surface area contributed by atoms with E-state index in [1.54, 1.807) is 5.38 Å². The number of hydrogen-bond donors (Lipinski definition) is 2. The highest BCUT2D eigenvalue weighted by Gasteiger charge is 2.14. The predicted molar refractivity (Wildman–Crippen MR) is 47.0 cm³/mol. The largest absolute Gasteiger partial charge is 0.481 e. The van der Waals surface area contributed by atoms with E-state index in [4.69, 9.17) is 5.11 Å². The first-order chi connectivity index (χ1) is 5.59. The lowest BCUT2D eigenvalue weighted by atomic mass is 10.2. The van der Waals surface area contributed by atoms with E-state index in [2.05, 4.69) is 20.9 Å². The number of aliphatic hydroxyl groups excluding tert-OH is 1. The highest BCUT2D eigenvalue weighted by Crippen LogP contribution is 2.22. The van der Waals surface area contributed by atoms with E-state index in [9.17, 15) is 9.90 Å². The Bertz CT molecular complexity index is 288. The SMILES string of the molecule is O=C(O)CC(O)c1csc(Br)n1. The van der Waals surface area contributed by atoms with Crippen LogP contribution in [0.5, 0.6) is 0 Å². The molecule has 4 nitrogen and oxygen atoms in total. The zero-order chi connectivity index (χ0) is 9.14. The average Bonchev–Trinajstić information content (AvgIpc) is 2.34. The molecule has 0 saturated carbocycles. The Hall–Kier alpha value is -0.460. The van der Waals surface area contributed by atoms with Gasteiger partial charge >= 0.3 is 5.97 Å². The van der Waals surface area contributed by atoms with E-state index in [1.807, 2.05) is 0 Å². The molecule has 0 amide bonds. The van der Waals surface area contributed by atoms with E-state index in [-0.39, 0.29) is 6.42 Å². The molecule has 1 aromatic heterocycles. The predicted octanol–water partition coefficient (Wildman–Crippen LogP) is 1.41. The second-order valence-corrected chi connectivity index (χ2v) is 4.27. The Morgan fingerprint density at radius 2 is 2.50 bits per heavy atom. The number of aliphatic carboxylic acids is 1. The molecule has 0 saturated heterocycles. The Morgan fingerprint density at radius 1 is 1.83 bits per heavy atom. The number of carboxylic acids is 1. The zero-order valence-electron chi connectivity index (χ0n) is 5.90. The number of thiazole rings is 1. The molecule has 0 aliphatic heterocycles. The van der Waals surface area contributed by atoms with Crippen molar-refractivity contribution in [3.05, 3.63) is 15.0 Å². The summed E-state index contributed by atoms with van der Waals surface area (Å²) in [5.74, 6) is -1.04. The fourth-order valence-corrected chi connectivity index (χ4v) is 1.76. The van der Waals surface area contributed by atoms with Crippen molar-refractivity contribution in [1.82, 2.24) is 4.98 Å². The van der Waals surface area contributed by atoms with Gasteiger partial charge in [0.25, 0.3) is 0 Å². The van der Waals surface area contributed by atoms with E-state index in [0.29, 0.717) is 9.61 Å². The Balaban J connectivity index is 2.64. The number of hydrogen-bond acceptors (Lipinski definition) is 4. The molecular formula is C6H6BrNO3S. The molecule has 66 valence electrons. The topological polar surface area (TPSA) is 70.4 Å². The summed E-state index contributed by atoms with van der Waals surface area (Å²) in [5.41, 5.74) is 0.397. The monoisotopic (exact) mass is 251 g/mol. The van der Waals surface area contributed by atoms with Crippen molar-refractivity contribution in [2.24, 2.45) is 0 Å². The van der Waals surface area contributed by atoms with Gasteiger partial charge in [-0.25, -0.2) is 4.98 Å². The average molecular weight is 252 g/mol. The summed E-state index contributed by atoms with van der Waals surface area (Å²) in [7, 11) is 0. The van der Waals surface area contributed by atoms with Gasteiger partial charge in [-0.2, -0.15) is 0 Å². The molecule has 1 unspecified atom stereocenters. The third-order valence-corrected chi connectivity index (χ3v) is 2.59. The molecule has 0 aliphatic rings. The number of carbonyl (C=O) groups is 1. The second-order valence-electron chi connectivity index (χ2n) is 2.14. The van der Waals surface area contributed by atoms with E-state index in [1.165, 1.54) is 11.3 Å². The van der Waals surface area contributed by atoms with Crippen LogP contribution < -0.4 is 0 Å². The van der Waals surface area contributed by atoms with Crippen LogP contribution >= 0.6 is 27.3 Å². The zero-order valence-corrected chi connectivity index (χ0v) is 8.30. The van der Waals surface area contributed by atoms with Crippen molar-refractivity contribution in [2.45, 2.75) is 12.5 Å². The van der Waals surface area contributed by atoms with Gasteiger partial charge in [0.05, 0.1) is 12.1 Å². The molecule has 0 aromatic carbocycles. The minimum absolute atomic E-state index is 0.309. The molecule has 12 heavy (non-hydrogen) atoms. The van der Waals surface area contributed by atoms with Crippen LogP contribution in [-0.4, -0.2) is 21.2 Å². The van der Waals surface area contributed by atoms with Crippen LogP contribution in [0, 0.1) is 0 Å². The van der Waals surface area contributed by atoms with Crippen molar-refractivity contribution in [3.8, 4) is 0 Å². The fraction of sp³-hybridized carbons (Fsp3) is 0.333. The maximum absolute atomic E-state index is 10.2. The van der Waals surface area contributed by atoms with Gasteiger partial charge in [0.1, 0.15) is 6.10 Å². The second kappa shape index (κ2) is 3.97. The molecular weight excluding hydrogens is 246 g/mol. The molecule has 6 heteroatoms. The molecule has 0 aliphatic carbocycles. The number of aromatic nitrogens is 1. The van der Waals surface area contributed by atoms with Gasteiger partial charge in [-0.1, -0.05) is 0 Å². The normalized spacial score (nSPS) is 12.8. The van der Waals surface area contributed by atoms with Gasteiger partial charge in [-0.3, -0.25) is 4.79 Å². The quantitative estimate of drug-likeness (QED) is 0.853. The van der Waals surface area contributed by atoms with Crippen LogP contribution in [-0.2, 0) is 4.79 Å². The van der Waals surface area contributed by atoms with Crippen LogP contribution in [0.4, 0.5) is 0 Å². The van der Waals surface area contributed by atoms with Gasteiger partial charge in [0.15, 0.2) is 3.92 Å². The van der Waals surface area contributed by atoms with Crippen molar-refractivity contribution >= 4 is 33.2 Å². The maximum Gasteiger partial charge on any atom is 0.306 e. The molecule has 0 radical (unpaired) electrons. The third kappa shape index (κ3) is 2.54. The lowest BCUT2D eigenvalue weighted by Crippen LogP contribution is -2.05. The van der Waals surface area contributed by atoms with Gasteiger partial charge < -0.3 is 10.2 Å². The van der Waals surface area contributed by atoms with Crippen LogP contribution in [0.15, 0.2) is 9.30 Å².